The lowest BCUT2D eigenvalue weighted by atomic mass is 10.2. The first kappa shape index (κ1) is 18.9. The third-order valence-electron chi connectivity index (χ3n) is 2.33. The molecule has 0 atom stereocenters. The number of ether oxygens (including phenoxy) is 1. The largest absolute Gasteiger partial charge is 0.466 e. The molecule has 1 aromatic heterocycles. The van der Waals surface area contributed by atoms with Crippen molar-refractivity contribution in [2.24, 2.45) is 10.7 Å². The molecular weight excluding hydrogens is 342 g/mol. The predicted molar refractivity (Wildman–Crippen MR) is 75.9 cm³/mol. The normalized spacial score (nSPS) is 13.1. The van der Waals surface area contributed by atoms with Crippen molar-refractivity contribution in [2.75, 3.05) is 6.61 Å². The molecular formula is C13H12ClF4N3O2. The van der Waals surface area contributed by atoms with Crippen LogP contribution >= 0.6 is 11.6 Å². The van der Waals surface area contributed by atoms with Crippen molar-refractivity contribution in [1.82, 2.24) is 4.98 Å². The number of aliphatic imine (C=N–C) groups is 1. The van der Waals surface area contributed by atoms with Crippen LogP contribution in [-0.4, -0.2) is 29.4 Å². The van der Waals surface area contributed by atoms with Gasteiger partial charge in [0.1, 0.15) is 5.70 Å². The number of carbonyl (C=O) groups is 1. The fourth-order valence-corrected chi connectivity index (χ4v) is 1.49. The number of esters is 1. The maximum atomic E-state index is 13.3. The molecule has 0 bridgehead atoms. The number of rotatable bonds is 5. The van der Waals surface area contributed by atoms with Gasteiger partial charge in [-0.2, -0.15) is 13.2 Å². The second-order valence-corrected chi connectivity index (χ2v) is 4.51. The molecule has 0 saturated carbocycles. The smallest absolute Gasteiger partial charge is 0.430 e. The van der Waals surface area contributed by atoms with E-state index in [1.54, 1.807) is 0 Å². The molecule has 126 valence electrons. The van der Waals surface area contributed by atoms with Gasteiger partial charge in [0.2, 0.25) is 0 Å². The van der Waals surface area contributed by atoms with E-state index in [0.29, 0.717) is 6.08 Å². The number of carbonyl (C=O) groups excluding carboxylic acids is 1. The molecule has 0 amide bonds. The molecule has 10 heteroatoms. The number of aromatic nitrogens is 1. The Morgan fingerprint density at radius 1 is 1.52 bits per heavy atom. The topological polar surface area (TPSA) is 77.6 Å². The van der Waals surface area contributed by atoms with E-state index in [1.807, 2.05) is 0 Å². The molecule has 23 heavy (non-hydrogen) atoms. The van der Waals surface area contributed by atoms with Gasteiger partial charge < -0.3 is 10.5 Å². The SMILES string of the molecule is CCOC(=O)CC(C=C(N)C(F)(F)F)=Nc1cnc(Cl)c(F)c1. The number of pyridine rings is 1. The number of halogens is 5. The Hall–Kier alpha value is -2.16. The van der Waals surface area contributed by atoms with Crippen LogP contribution in [0.5, 0.6) is 0 Å². The molecule has 0 saturated heterocycles. The number of nitrogens with zero attached hydrogens (tertiary/aromatic N) is 2. The van der Waals surface area contributed by atoms with Crippen LogP contribution in [0.25, 0.3) is 0 Å². The van der Waals surface area contributed by atoms with E-state index in [0.717, 1.165) is 12.3 Å². The summed E-state index contributed by atoms with van der Waals surface area (Å²) in [4.78, 5) is 18.6. The molecule has 0 unspecified atom stereocenters. The van der Waals surface area contributed by atoms with Crippen LogP contribution < -0.4 is 5.73 Å². The van der Waals surface area contributed by atoms with Crippen molar-refractivity contribution in [2.45, 2.75) is 19.5 Å². The highest BCUT2D eigenvalue weighted by Crippen LogP contribution is 2.23. The summed E-state index contributed by atoms with van der Waals surface area (Å²) in [5.41, 5.74) is 2.96. The lowest BCUT2D eigenvalue weighted by molar-refractivity contribution is -0.141. The molecule has 0 aliphatic carbocycles. The summed E-state index contributed by atoms with van der Waals surface area (Å²) in [5, 5.41) is -0.416. The van der Waals surface area contributed by atoms with Crippen LogP contribution in [0.4, 0.5) is 23.2 Å². The van der Waals surface area contributed by atoms with E-state index >= 15 is 0 Å². The van der Waals surface area contributed by atoms with Crippen molar-refractivity contribution >= 4 is 29.0 Å². The van der Waals surface area contributed by atoms with Gasteiger partial charge in [0.15, 0.2) is 11.0 Å². The molecule has 0 aliphatic heterocycles. The molecule has 0 spiro atoms. The average molecular weight is 354 g/mol. The molecule has 0 aliphatic rings. The summed E-state index contributed by atoms with van der Waals surface area (Å²) >= 11 is 5.40. The zero-order valence-corrected chi connectivity index (χ0v) is 12.6. The zero-order chi connectivity index (χ0) is 17.6. The fourth-order valence-electron chi connectivity index (χ4n) is 1.38. The lowest BCUT2D eigenvalue weighted by Gasteiger charge is -2.08. The van der Waals surface area contributed by atoms with E-state index in [2.05, 4.69) is 14.7 Å². The number of nitrogens with two attached hydrogens (primary N) is 1. The molecule has 0 radical (unpaired) electrons. The van der Waals surface area contributed by atoms with Crippen molar-refractivity contribution in [3.8, 4) is 0 Å². The minimum atomic E-state index is -4.79. The first-order chi connectivity index (χ1) is 10.6. The van der Waals surface area contributed by atoms with Gasteiger partial charge in [0.05, 0.1) is 30.6 Å². The van der Waals surface area contributed by atoms with Crippen molar-refractivity contribution in [3.63, 3.8) is 0 Å². The first-order valence-electron chi connectivity index (χ1n) is 6.22. The molecule has 0 aromatic carbocycles. The second kappa shape index (κ2) is 7.91. The van der Waals surface area contributed by atoms with Crippen molar-refractivity contribution in [1.29, 1.82) is 0 Å². The molecule has 5 nitrogen and oxygen atoms in total. The predicted octanol–water partition coefficient (Wildman–Crippen LogP) is 3.30. The number of allylic oxidation sites excluding steroid dienone is 2. The third kappa shape index (κ3) is 6.23. The number of hydrogen-bond donors (Lipinski definition) is 1. The Labute approximate surface area is 133 Å². The van der Waals surface area contributed by atoms with Crippen LogP contribution in [0.1, 0.15) is 13.3 Å². The van der Waals surface area contributed by atoms with Crippen LogP contribution in [0.15, 0.2) is 29.0 Å². The Balaban J connectivity index is 3.19. The Bertz CT molecular complexity index is 645. The van der Waals surface area contributed by atoms with Gasteiger partial charge in [-0.3, -0.25) is 9.79 Å². The Morgan fingerprint density at radius 3 is 2.70 bits per heavy atom. The van der Waals surface area contributed by atoms with Gasteiger partial charge in [-0.25, -0.2) is 9.37 Å². The highest BCUT2D eigenvalue weighted by Gasteiger charge is 2.31. The van der Waals surface area contributed by atoms with Gasteiger partial charge in [-0.15, -0.1) is 0 Å². The summed E-state index contributed by atoms with van der Waals surface area (Å²) in [6, 6.07) is 0.859. The van der Waals surface area contributed by atoms with Gasteiger partial charge in [-0.1, -0.05) is 11.6 Å². The maximum Gasteiger partial charge on any atom is 0.430 e. The fraction of sp³-hybridized carbons (Fsp3) is 0.308. The summed E-state index contributed by atoms with van der Waals surface area (Å²) in [5.74, 6) is -1.71. The Morgan fingerprint density at radius 2 is 2.17 bits per heavy atom. The summed E-state index contributed by atoms with van der Waals surface area (Å²) < 4.78 is 55.4. The van der Waals surface area contributed by atoms with Crippen LogP contribution in [0.2, 0.25) is 5.15 Å². The molecule has 1 heterocycles. The van der Waals surface area contributed by atoms with Crippen LogP contribution in [-0.2, 0) is 9.53 Å². The minimum Gasteiger partial charge on any atom is -0.466 e. The molecule has 1 aromatic rings. The van der Waals surface area contributed by atoms with E-state index in [9.17, 15) is 22.4 Å². The average Bonchev–Trinajstić information content (AvgIpc) is 2.42. The lowest BCUT2D eigenvalue weighted by Crippen LogP contribution is -2.21. The van der Waals surface area contributed by atoms with E-state index < -0.39 is 35.2 Å². The summed E-state index contributed by atoms with van der Waals surface area (Å²) in [6.45, 7) is 1.58. The quantitative estimate of drug-likeness (QED) is 0.381. The van der Waals surface area contributed by atoms with Crippen molar-refractivity contribution < 1.29 is 27.1 Å². The highest BCUT2D eigenvalue weighted by atomic mass is 35.5. The Kier molecular flexibility index (Phi) is 6.49. The minimum absolute atomic E-state index is 0.0434. The summed E-state index contributed by atoms with van der Waals surface area (Å²) in [6.07, 6.45) is -3.86. The van der Waals surface area contributed by atoms with Gasteiger partial charge in [0, 0.05) is 6.07 Å². The zero-order valence-electron chi connectivity index (χ0n) is 11.8. The van der Waals surface area contributed by atoms with Gasteiger partial charge in [0.25, 0.3) is 0 Å². The molecule has 0 fully saturated rings. The second-order valence-electron chi connectivity index (χ2n) is 4.15. The van der Waals surface area contributed by atoms with E-state index in [-0.39, 0.29) is 18.0 Å². The van der Waals surface area contributed by atoms with E-state index in [1.165, 1.54) is 6.92 Å². The summed E-state index contributed by atoms with van der Waals surface area (Å²) in [7, 11) is 0. The first-order valence-corrected chi connectivity index (χ1v) is 6.60. The van der Waals surface area contributed by atoms with Gasteiger partial charge in [-0.05, 0) is 13.0 Å². The standard InChI is InChI=1S/C13H12ClF4N3O2/c1-2-23-11(22)5-7(4-10(19)13(16,17)18)21-8-3-9(15)12(14)20-6-8/h3-4,6H,2,5,19H2,1H3. The van der Waals surface area contributed by atoms with E-state index in [4.69, 9.17) is 17.3 Å². The molecule has 1 rings (SSSR count). The van der Waals surface area contributed by atoms with Crippen LogP contribution in [0, 0.1) is 5.82 Å². The number of hydrogen-bond acceptors (Lipinski definition) is 5. The van der Waals surface area contributed by atoms with Gasteiger partial charge >= 0.3 is 12.1 Å². The number of alkyl halides is 3. The molecule has 2 N–H and O–H groups in total. The van der Waals surface area contributed by atoms with Crippen molar-refractivity contribution in [3.05, 3.63) is 35.0 Å². The highest BCUT2D eigenvalue weighted by molar-refractivity contribution is 6.29. The third-order valence-corrected chi connectivity index (χ3v) is 2.61. The van der Waals surface area contributed by atoms with Crippen LogP contribution in [0.3, 0.4) is 0 Å². The maximum absolute atomic E-state index is 13.3. The monoisotopic (exact) mass is 353 g/mol.